The molecule has 1 aromatic carbocycles. The van der Waals surface area contributed by atoms with Crippen LogP contribution < -0.4 is 10.6 Å². The lowest BCUT2D eigenvalue weighted by molar-refractivity contribution is 0.0958. The number of benzene rings is 1. The van der Waals surface area contributed by atoms with Gasteiger partial charge in [-0.05, 0) is 37.7 Å². The molecule has 0 atom stereocenters. The Morgan fingerprint density at radius 1 is 1.33 bits per heavy atom. The third-order valence-corrected chi connectivity index (χ3v) is 5.00. The third kappa shape index (κ3) is 3.45. The van der Waals surface area contributed by atoms with Crippen LogP contribution in [-0.4, -0.2) is 35.3 Å². The van der Waals surface area contributed by atoms with Crippen LogP contribution in [-0.2, 0) is 0 Å². The monoisotopic (exact) mass is 362 g/mol. The molecule has 3 rings (SSSR count). The van der Waals surface area contributed by atoms with Crippen LogP contribution in [0.25, 0.3) is 15.9 Å². The largest absolute Gasteiger partial charge is 0.350 e. The molecule has 0 bridgehead atoms. The highest BCUT2D eigenvalue weighted by molar-refractivity contribution is 7.20. The lowest BCUT2D eigenvalue weighted by Crippen LogP contribution is -2.31. The highest BCUT2D eigenvalue weighted by atomic mass is 35.5. The molecule has 0 saturated heterocycles. The fraction of sp³-hybridized carbons (Fsp3) is 0.294. The second kappa shape index (κ2) is 7.34. The number of amides is 1. The van der Waals surface area contributed by atoms with E-state index in [0.717, 1.165) is 34.7 Å². The maximum absolute atomic E-state index is 12.3. The average molecular weight is 363 g/mol. The zero-order valence-corrected chi connectivity index (χ0v) is 15.2. The highest BCUT2D eigenvalue weighted by Crippen LogP contribution is 2.30. The maximum atomic E-state index is 12.3. The molecule has 0 fully saturated rings. The minimum atomic E-state index is -0.0499. The lowest BCUT2D eigenvalue weighted by Gasteiger charge is -2.04. The molecule has 0 aliphatic carbocycles. The number of hydrogen-bond acceptors (Lipinski definition) is 4. The first-order chi connectivity index (χ1) is 11.6. The van der Waals surface area contributed by atoms with Crippen LogP contribution in [0.5, 0.6) is 0 Å². The summed E-state index contributed by atoms with van der Waals surface area (Å²) in [5, 5.41) is 12.3. The zero-order chi connectivity index (χ0) is 17.1. The summed E-state index contributed by atoms with van der Waals surface area (Å²) < 4.78 is 1.84. The summed E-state index contributed by atoms with van der Waals surface area (Å²) in [6, 6.07) is 9.45. The van der Waals surface area contributed by atoms with E-state index in [4.69, 9.17) is 11.6 Å². The molecule has 126 valence electrons. The van der Waals surface area contributed by atoms with E-state index >= 15 is 0 Å². The molecule has 2 heterocycles. The van der Waals surface area contributed by atoms with Gasteiger partial charge >= 0.3 is 0 Å². The minimum Gasteiger partial charge on any atom is -0.350 e. The number of carbonyl (C=O) groups excluding carboxylic acids is 1. The van der Waals surface area contributed by atoms with Crippen molar-refractivity contribution >= 4 is 39.1 Å². The van der Waals surface area contributed by atoms with E-state index in [9.17, 15) is 4.79 Å². The van der Waals surface area contributed by atoms with Crippen LogP contribution in [0.1, 0.15) is 22.3 Å². The molecule has 0 saturated carbocycles. The van der Waals surface area contributed by atoms with Crippen molar-refractivity contribution in [2.75, 3.05) is 19.6 Å². The SMILES string of the molecule is CCNCCNC(=O)c1cc2c(C)nn(-c3cccc(Cl)c3)c2s1. The molecule has 0 aliphatic rings. The number of fused-ring (bicyclic) bond motifs is 1. The van der Waals surface area contributed by atoms with Gasteiger partial charge in [0.05, 0.1) is 16.3 Å². The van der Waals surface area contributed by atoms with Crippen molar-refractivity contribution in [1.82, 2.24) is 20.4 Å². The number of nitrogens with zero attached hydrogens (tertiary/aromatic N) is 2. The molecule has 24 heavy (non-hydrogen) atoms. The van der Waals surface area contributed by atoms with Gasteiger partial charge in [-0.25, -0.2) is 4.68 Å². The van der Waals surface area contributed by atoms with Gasteiger partial charge in [0.2, 0.25) is 0 Å². The van der Waals surface area contributed by atoms with Crippen LogP contribution in [0, 0.1) is 6.92 Å². The Hall–Kier alpha value is -1.89. The van der Waals surface area contributed by atoms with Crippen molar-refractivity contribution in [2.24, 2.45) is 0 Å². The number of aromatic nitrogens is 2. The van der Waals surface area contributed by atoms with E-state index < -0.39 is 0 Å². The molecule has 3 aromatic rings. The van der Waals surface area contributed by atoms with E-state index in [-0.39, 0.29) is 5.91 Å². The number of hydrogen-bond donors (Lipinski definition) is 2. The lowest BCUT2D eigenvalue weighted by atomic mass is 10.3. The van der Waals surface area contributed by atoms with Crippen molar-refractivity contribution in [3.05, 3.63) is 45.9 Å². The summed E-state index contributed by atoms with van der Waals surface area (Å²) in [6.07, 6.45) is 0. The quantitative estimate of drug-likeness (QED) is 0.661. The Bertz CT molecular complexity index is 871. The number of likely N-dealkylation sites (N-methyl/N-ethyl adjacent to an activating group) is 1. The summed E-state index contributed by atoms with van der Waals surface area (Å²) in [4.78, 5) is 14.0. The molecule has 2 aromatic heterocycles. The summed E-state index contributed by atoms with van der Waals surface area (Å²) in [7, 11) is 0. The molecule has 1 amide bonds. The normalized spacial score (nSPS) is 11.1. The van der Waals surface area contributed by atoms with Gasteiger partial charge < -0.3 is 10.6 Å². The van der Waals surface area contributed by atoms with Crippen LogP contribution >= 0.6 is 22.9 Å². The molecule has 2 N–H and O–H groups in total. The second-order valence-corrected chi connectivity index (χ2v) is 6.88. The first-order valence-electron chi connectivity index (χ1n) is 7.84. The van der Waals surface area contributed by atoms with E-state index in [0.29, 0.717) is 16.4 Å². The Morgan fingerprint density at radius 2 is 2.17 bits per heavy atom. The van der Waals surface area contributed by atoms with Gasteiger partial charge in [-0.1, -0.05) is 24.6 Å². The van der Waals surface area contributed by atoms with Gasteiger partial charge in [0.25, 0.3) is 5.91 Å². The molecule has 0 spiro atoms. The average Bonchev–Trinajstić information content (AvgIpc) is 3.12. The summed E-state index contributed by atoms with van der Waals surface area (Å²) >= 11 is 7.53. The summed E-state index contributed by atoms with van der Waals surface area (Å²) in [5.41, 5.74) is 1.79. The predicted octanol–water partition coefficient (Wildman–Crippen LogP) is 3.39. The standard InChI is InChI=1S/C17H19ClN4OS/c1-3-19-7-8-20-16(23)15-10-14-11(2)21-22(17(14)24-15)13-6-4-5-12(18)9-13/h4-6,9-10,19H,3,7-8H2,1-2H3,(H,20,23). The van der Waals surface area contributed by atoms with Crippen LogP contribution in [0.2, 0.25) is 5.02 Å². The van der Waals surface area contributed by atoms with E-state index in [2.05, 4.69) is 15.7 Å². The Morgan fingerprint density at radius 3 is 2.92 bits per heavy atom. The fourth-order valence-corrected chi connectivity index (χ4v) is 3.75. The third-order valence-electron chi connectivity index (χ3n) is 3.66. The van der Waals surface area contributed by atoms with E-state index in [1.807, 2.05) is 48.9 Å². The maximum Gasteiger partial charge on any atom is 0.261 e. The Balaban J connectivity index is 1.88. The summed E-state index contributed by atoms with van der Waals surface area (Å²) in [6.45, 7) is 6.26. The number of rotatable bonds is 6. The first-order valence-corrected chi connectivity index (χ1v) is 9.03. The van der Waals surface area contributed by atoms with Gasteiger partial charge in [-0.3, -0.25) is 4.79 Å². The number of aryl methyl sites for hydroxylation is 1. The van der Waals surface area contributed by atoms with E-state index in [1.54, 1.807) is 0 Å². The van der Waals surface area contributed by atoms with Crippen molar-refractivity contribution in [3.8, 4) is 5.69 Å². The van der Waals surface area contributed by atoms with Gasteiger partial charge in [-0.2, -0.15) is 5.10 Å². The molecule has 7 heteroatoms. The molecular weight excluding hydrogens is 344 g/mol. The number of thiophene rings is 1. The van der Waals surface area contributed by atoms with Crippen LogP contribution in [0.3, 0.4) is 0 Å². The number of halogens is 1. The van der Waals surface area contributed by atoms with Crippen molar-refractivity contribution in [3.63, 3.8) is 0 Å². The molecule has 5 nitrogen and oxygen atoms in total. The van der Waals surface area contributed by atoms with E-state index in [1.165, 1.54) is 11.3 Å². The van der Waals surface area contributed by atoms with Crippen molar-refractivity contribution in [1.29, 1.82) is 0 Å². The smallest absolute Gasteiger partial charge is 0.261 e. The minimum absolute atomic E-state index is 0.0499. The Labute approximate surface area is 149 Å². The molecular formula is C17H19ClN4OS. The van der Waals surface area contributed by atoms with Crippen LogP contribution in [0.15, 0.2) is 30.3 Å². The first kappa shape index (κ1) is 17.0. The number of carbonyl (C=O) groups is 1. The van der Waals surface area contributed by atoms with Crippen molar-refractivity contribution < 1.29 is 4.79 Å². The number of nitrogens with one attached hydrogen (secondary N) is 2. The van der Waals surface area contributed by atoms with Gasteiger partial charge in [0, 0.05) is 23.5 Å². The molecule has 0 aliphatic heterocycles. The van der Waals surface area contributed by atoms with Gasteiger partial charge in [0.15, 0.2) is 0 Å². The zero-order valence-electron chi connectivity index (χ0n) is 13.6. The van der Waals surface area contributed by atoms with Gasteiger partial charge in [-0.15, -0.1) is 11.3 Å². The van der Waals surface area contributed by atoms with Gasteiger partial charge in [0.1, 0.15) is 4.83 Å². The second-order valence-electron chi connectivity index (χ2n) is 5.42. The predicted molar refractivity (Wildman–Crippen MR) is 99.6 cm³/mol. The fourth-order valence-electron chi connectivity index (χ4n) is 2.47. The highest BCUT2D eigenvalue weighted by Gasteiger charge is 2.17. The topological polar surface area (TPSA) is 58.9 Å². The summed E-state index contributed by atoms with van der Waals surface area (Å²) in [5.74, 6) is -0.0499. The Kier molecular flexibility index (Phi) is 5.18. The molecule has 0 radical (unpaired) electrons. The van der Waals surface area contributed by atoms with Crippen LogP contribution in [0.4, 0.5) is 0 Å². The van der Waals surface area contributed by atoms with Crippen molar-refractivity contribution in [2.45, 2.75) is 13.8 Å². The molecule has 0 unspecified atom stereocenters.